The number of nitrogens with one attached hydrogen (secondary N) is 1. The van der Waals surface area contributed by atoms with Crippen LogP contribution in [0.2, 0.25) is 0 Å². The van der Waals surface area contributed by atoms with Crippen molar-refractivity contribution in [3.63, 3.8) is 0 Å². The average molecular weight is 287 g/mol. The van der Waals surface area contributed by atoms with Crippen molar-refractivity contribution in [1.82, 2.24) is 4.72 Å². The molecule has 106 valence electrons. The summed E-state index contributed by atoms with van der Waals surface area (Å²) in [7, 11) is -3.79. The van der Waals surface area contributed by atoms with Crippen molar-refractivity contribution in [3.8, 4) is 0 Å². The molecule has 0 aliphatic carbocycles. The molecule has 7 nitrogen and oxygen atoms in total. The topological polar surface area (TPSA) is 115 Å². The van der Waals surface area contributed by atoms with Crippen LogP contribution >= 0.6 is 0 Å². The Bertz CT molecular complexity index is 571. The van der Waals surface area contributed by atoms with E-state index in [1.54, 1.807) is 0 Å². The van der Waals surface area contributed by atoms with Gasteiger partial charge >= 0.3 is 0 Å². The summed E-state index contributed by atoms with van der Waals surface area (Å²) in [6.45, 7) is 3.35. The van der Waals surface area contributed by atoms with Crippen LogP contribution in [0.5, 0.6) is 0 Å². The third-order valence-corrected chi connectivity index (χ3v) is 4.37. The zero-order valence-corrected chi connectivity index (χ0v) is 11.6. The summed E-state index contributed by atoms with van der Waals surface area (Å²) in [6, 6.07) is 3.67. The summed E-state index contributed by atoms with van der Waals surface area (Å²) in [6.07, 6.45) is 0.635. The molecule has 1 aromatic carbocycles. The second-order valence-electron chi connectivity index (χ2n) is 4.18. The summed E-state index contributed by atoms with van der Waals surface area (Å²) < 4.78 is 26.5. The normalized spacial score (nSPS) is 13.2. The lowest BCUT2D eigenvalue weighted by Crippen LogP contribution is -2.36. The lowest BCUT2D eigenvalue weighted by atomic mass is 10.2. The van der Waals surface area contributed by atoms with Crippen LogP contribution in [-0.2, 0) is 10.0 Å². The molecule has 1 aromatic rings. The minimum atomic E-state index is -3.79. The van der Waals surface area contributed by atoms with E-state index in [1.807, 2.05) is 6.92 Å². The van der Waals surface area contributed by atoms with Gasteiger partial charge in [-0.1, -0.05) is 13.0 Å². The van der Waals surface area contributed by atoms with E-state index in [1.165, 1.54) is 25.1 Å². The first-order chi connectivity index (χ1) is 8.79. The minimum Gasteiger partial charge on any atom is -0.327 e. The second kappa shape index (κ2) is 6.09. The number of nitro benzene ring substituents is 1. The van der Waals surface area contributed by atoms with Crippen LogP contribution in [0.3, 0.4) is 0 Å². The number of nitro groups is 1. The number of hydrogen-bond acceptors (Lipinski definition) is 5. The summed E-state index contributed by atoms with van der Waals surface area (Å²) in [5.74, 6) is 0. The molecule has 0 amide bonds. The van der Waals surface area contributed by atoms with Crippen molar-refractivity contribution in [2.45, 2.75) is 31.2 Å². The van der Waals surface area contributed by atoms with Gasteiger partial charge in [0, 0.05) is 24.2 Å². The molecule has 0 heterocycles. The van der Waals surface area contributed by atoms with E-state index in [2.05, 4.69) is 4.72 Å². The second-order valence-corrected chi connectivity index (χ2v) is 5.91. The Morgan fingerprint density at radius 1 is 1.47 bits per heavy atom. The Morgan fingerprint density at radius 2 is 2.11 bits per heavy atom. The SMILES string of the molecule is CCC(N)CNS(=O)(=O)c1cccc([N+](=O)[O-])c1C. The quantitative estimate of drug-likeness (QED) is 0.596. The van der Waals surface area contributed by atoms with Crippen molar-refractivity contribution in [2.24, 2.45) is 5.73 Å². The predicted octanol–water partition coefficient (Wildman–Crippen LogP) is 0.919. The summed E-state index contributed by atoms with van der Waals surface area (Å²) >= 11 is 0. The molecule has 8 heteroatoms. The van der Waals surface area contributed by atoms with E-state index in [4.69, 9.17) is 5.73 Å². The molecule has 19 heavy (non-hydrogen) atoms. The first-order valence-electron chi connectivity index (χ1n) is 5.78. The van der Waals surface area contributed by atoms with Crippen LogP contribution in [0.1, 0.15) is 18.9 Å². The fourth-order valence-corrected chi connectivity index (χ4v) is 2.89. The Kier molecular flexibility index (Phi) is 4.98. The van der Waals surface area contributed by atoms with Gasteiger partial charge in [-0.2, -0.15) is 0 Å². The molecule has 1 atom stereocenters. The number of benzene rings is 1. The fourth-order valence-electron chi connectivity index (χ4n) is 1.53. The van der Waals surface area contributed by atoms with Crippen molar-refractivity contribution < 1.29 is 13.3 Å². The maximum atomic E-state index is 12.1. The molecule has 0 saturated carbocycles. The Labute approximate surface area is 112 Å². The smallest absolute Gasteiger partial charge is 0.273 e. The van der Waals surface area contributed by atoms with Gasteiger partial charge in [-0.05, 0) is 19.4 Å². The molecule has 0 fully saturated rings. The van der Waals surface area contributed by atoms with Crippen LogP contribution in [0.15, 0.2) is 23.1 Å². The maximum absolute atomic E-state index is 12.1. The Hall–Kier alpha value is -1.51. The highest BCUT2D eigenvalue weighted by atomic mass is 32.2. The van der Waals surface area contributed by atoms with Crippen molar-refractivity contribution in [3.05, 3.63) is 33.9 Å². The van der Waals surface area contributed by atoms with Gasteiger partial charge in [0.25, 0.3) is 5.69 Å². The third-order valence-electron chi connectivity index (χ3n) is 2.80. The lowest BCUT2D eigenvalue weighted by Gasteiger charge is -2.12. The van der Waals surface area contributed by atoms with Gasteiger partial charge in [-0.25, -0.2) is 13.1 Å². The van der Waals surface area contributed by atoms with Crippen LogP contribution in [0, 0.1) is 17.0 Å². The summed E-state index contributed by atoms with van der Waals surface area (Å²) in [4.78, 5) is 10.1. The molecule has 0 radical (unpaired) electrons. The standard InChI is InChI=1S/C11H17N3O4S/c1-3-9(12)7-13-19(17,18)11-6-4-5-10(8(11)2)14(15)16/h4-6,9,13H,3,7,12H2,1-2H3. The monoisotopic (exact) mass is 287 g/mol. The molecule has 1 unspecified atom stereocenters. The molecule has 0 bridgehead atoms. The summed E-state index contributed by atoms with van der Waals surface area (Å²) in [5, 5.41) is 10.8. The molecule has 0 aliphatic heterocycles. The van der Waals surface area contributed by atoms with Gasteiger partial charge < -0.3 is 5.73 Å². The van der Waals surface area contributed by atoms with Gasteiger partial charge in [0.2, 0.25) is 10.0 Å². The van der Waals surface area contributed by atoms with Crippen LogP contribution in [0.25, 0.3) is 0 Å². The highest BCUT2D eigenvalue weighted by molar-refractivity contribution is 7.89. The van der Waals surface area contributed by atoms with E-state index >= 15 is 0 Å². The minimum absolute atomic E-state index is 0.0926. The highest BCUT2D eigenvalue weighted by Crippen LogP contribution is 2.24. The third kappa shape index (κ3) is 3.72. The van der Waals surface area contributed by atoms with Crippen molar-refractivity contribution in [1.29, 1.82) is 0 Å². The van der Waals surface area contributed by atoms with Gasteiger partial charge in [0.05, 0.1) is 9.82 Å². The first-order valence-corrected chi connectivity index (χ1v) is 7.27. The number of nitrogens with two attached hydrogens (primary N) is 1. The fraction of sp³-hybridized carbons (Fsp3) is 0.455. The zero-order chi connectivity index (χ0) is 14.6. The van der Waals surface area contributed by atoms with E-state index < -0.39 is 14.9 Å². The van der Waals surface area contributed by atoms with Gasteiger partial charge in [0.15, 0.2) is 0 Å². The maximum Gasteiger partial charge on any atom is 0.273 e. The van der Waals surface area contributed by atoms with Gasteiger partial charge in [-0.3, -0.25) is 10.1 Å². The Morgan fingerprint density at radius 3 is 2.63 bits per heavy atom. The Balaban J connectivity index is 3.09. The van der Waals surface area contributed by atoms with Crippen LogP contribution in [-0.4, -0.2) is 25.9 Å². The summed E-state index contributed by atoms with van der Waals surface area (Å²) in [5.41, 5.74) is 5.54. The zero-order valence-electron chi connectivity index (χ0n) is 10.8. The molecule has 0 saturated heterocycles. The van der Waals surface area contributed by atoms with E-state index in [9.17, 15) is 18.5 Å². The largest absolute Gasteiger partial charge is 0.327 e. The van der Waals surface area contributed by atoms with Gasteiger partial charge in [-0.15, -0.1) is 0 Å². The molecule has 0 aromatic heterocycles. The van der Waals surface area contributed by atoms with E-state index in [0.29, 0.717) is 6.42 Å². The first kappa shape index (κ1) is 15.5. The van der Waals surface area contributed by atoms with Crippen LogP contribution in [0.4, 0.5) is 5.69 Å². The van der Waals surface area contributed by atoms with E-state index in [-0.39, 0.29) is 28.7 Å². The van der Waals surface area contributed by atoms with Crippen molar-refractivity contribution >= 4 is 15.7 Å². The van der Waals surface area contributed by atoms with Crippen LogP contribution < -0.4 is 10.5 Å². The predicted molar refractivity (Wildman–Crippen MR) is 71.3 cm³/mol. The highest BCUT2D eigenvalue weighted by Gasteiger charge is 2.22. The molecular weight excluding hydrogens is 270 g/mol. The number of nitrogens with zero attached hydrogens (tertiary/aromatic N) is 1. The molecule has 1 rings (SSSR count). The molecule has 0 aliphatic rings. The molecular formula is C11H17N3O4S. The lowest BCUT2D eigenvalue weighted by molar-refractivity contribution is -0.385. The molecule has 0 spiro atoms. The average Bonchev–Trinajstić information content (AvgIpc) is 2.35. The number of hydrogen-bond donors (Lipinski definition) is 2. The van der Waals surface area contributed by atoms with Gasteiger partial charge in [0.1, 0.15) is 0 Å². The number of rotatable bonds is 6. The number of sulfonamides is 1. The van der Waals surface area contributed by atoms with Crippen molar-refractivity contribution in [2.75, 3.05) is 6.54 Å². The van der Waals surface area contributed by atoms with E-state index in [0.717, 1.165) is 0 Å². The molecule has 3 N–H and O–H groups in total.